The molecule has 1 N–H and O–H groups in total. The van der Waals surface area contributed by atoms with Crippen molar-refractivity contribution in [2.24, 2.45) is 0 Å². The summed E-state index contributed by atoms with van der Waals surface area (Å²) >= 11 is 0. The molecule has 0 saturated heterocycles. The van der Waals surface area contributed by atoms with E-state index in [1.807, 2.05) is 6.92 Å². The zero-order valence-electron chi connectivity index (χ0n) is 10.8. The van der Waals surface area contributed by atoms with E-state index in [1.165, 1.54) is 16.7 Å². The Hall–Kier alpha value is -0.860. The van der Waals surface area contributed by atoms with Gasteiger partial charge in [0.05, 0.1) is 6.10 Å². The Morgan fingerprint density at radius 3 is 2.69 bits per heavy atom. The molecule has 0 saturated carbocycles. The van der Waals surface area contributed by atoms with E-state index in [4.69, 9.17) is 4.74 Å². The maximum Gasteiger partial charge on any atom is 0.0671 e. The van der Waals surface area contributed by atoms with E-state index in [2.05, 4.69) is 44.3 Å². The molecule has 0 heterocycles. The summed E-state index contributed by atoms with van der Waals surface area (Å²) in [6.45, 7) is 11.0. The Kier molecular flexibility index (Phi) is 5.50. The minimum absolute atomic E-state index is 0.288. The quantitative estimate of drug-likeness (QED) is 0.797. The van der Waals surface area contributed by atoms with Crippen LogP contribution in [0.2, 0.25) is 0 Å². The van der Waals surface area contributed by atoms with Crippen LogP contribution in [-0.4, -0.2) is 19.3 Å². The lowest BCUT2D eigenvalue weighted by molar-refractivity contribution is 0.0759. The highest BCUT2D eigenvalue weighted by Gasteiger charge is 2.01. The highest BCUT2D eigenvalue weighted by atomic mass is 16.5. The van der Waals surface area contributed by atoms with E-state index in [9.17, 15) is 0 Å². The third kappa shape index (κ3) is 4.33. The summed E-state index contributed by atoms with van der Waals surface area (Å²) in [4.78, 5) is 0. The van der Waals surface area contributed by atoms with Crippen LogP contribution in [0.3, 0.4) is 0 Å². The number of hydrogen-bond acceptors (Lipinski definition) is 2. The van der Waals surface area contributed by atoms with Crippen molar-refractivity contribution >= 4 is 0 Å². The normalized spacial score (nSPS) is 12.8. The summed E-state index contributed by atoms with van der Waals surface area (Å²) < 4.78 is 5.47. The highest BCUT2D eigenvalue weighted by Crippen LogP contribution is 2.09. The molecule has 1 aromatic carbocycles. The Bertz CT molecular complexity index is 323. The van der Waals surface area contributed by atoms with Gasteiger partial charge in [0.25, 0.3) is 0 Å². The lowest BCUT2D eigenvalue weighted by Crippen LogP contribution is -2.26. The first kappa shape index (κ1) is 13.2. The Balaban J connectivity index is 2.37. The zero-order chi connectivity index (χ0) is 12.0. The molecular weight excluding hydrogens is 198 g/mol. The second-order valence-electron chi connectivity index (χ2n) is 4.33. The average Bonchev–Trinajstić information content (AvgIpc) is 2.22. The number of benzene rings is 1. The predicted octanol–water partition coefficient (Wildman–Crippen LogP) is 2.82. The second kappa shape index (κ2) is 6.66. The van der Waals surface area contributed by atoms with Crippen LogP contribution in [0.4, 0.5) is 0 Å². The summed E-state index contributed by atoms with van der Waals surface area (Å²) in [6.07, 6.45) is 0.288. The van der Waals surface area contributed by atoms with Gasteiger partial charge < -0.3 is 10.1 Å². The van der Waals surface area contributed by atoms with Crippen molar-refractivity contribution in [3.63, 3.8) is 0 Å². The minimum atomic E-state index is 0.288. The van der Waals surface area contributed by atoms with Crippen LogP contribution in [0.1, 0.15) is 30.5 Å². The standard InChI is InChI=1S/C14H23NO/c1-5-16-13(4)9-15-10-14-7-6-11(2)8-12(14)3/h6-8,13,15H,5,9-10H2,1-4H3. The van der Waals surface area contributed by atoms with Crippen molar-refractivity contribution in [3.05, 3.63) is 34.9 Å². The van der Waals surface area contributed by atoms with E-state index in [0.717, 1.165) is 19.7 Å². The molecule has 0 bridgehead atoms. The van der Waals surface area contributed by atoms with Crippen molar-refractivity contribution in [3.8, 4) is 0 Å². The van der Waals surface area contributed by atoms with E-state index < -0.39 is 0 Å². The molecule has 0 aromatic heterocycles. The molecule has 0 aliphatic heterocycles. The van der Waals surface area contributed by atoms with E-state index in [0.29, 0.717) is 0 Å². The monoisotopic (exact) mass is 221 g/mol. The largest absolute Gasteiger partial charge is 0.377 e. The fourth-order valence-electron chi connectivity index (χ4n) is 1.80. The van der Waals surface area contributed by atoms with Gasteiger partial charge in [-0.1, -0.05) is 23.8 Å². The molecule has 16 heavy (non-hydrogen) atoms. The Labute approximate surface area is 99.0 Å². The summed E-state index contributed by atoms with van der Waals surface area (Å²) in [5, 5.41) is 3.42. The maximum absolute atomic E-state index is 5.47. The number of rotatable bonds is 6. The van der Waals surface area contributed by atoms with Crippen LogP contribution < -0.4 is 5.32 Å². The second-order valence-corrected chi connectivity index (χ2v) is 4.33. The Morgan fingerprint density at radius 2 is 2.06 bits per heavy atom. The topological polar surface area (TPSA) is 21.3 Å². The first-order valence-corrected chi connectivity index (χ1v) is 6.02. The number of ether oxygens (including phenoxy) is 1. The van der Waals surface area contributed by atoms with E-state index in [1.54, 1.807) is 0 Å². The zero-order valence-corrected chi connectivity index (χ0v) is 10.8. The van der Waals surface area contributed by atoms with E-state index >= 15 is 0 Å². The van der Waals surface area contributed by atoms with Crippen molar-refractivity contribution < 1.29 is 4.74 Å². The van der Waals surface area contributed by atoms with Gasteiger partial charge in [0, 0.05) is 19.7 Å². The third-order valence-corrected chi connectivity index (χ3v) is 2.70. The van der Waals surface area contributed by atoms with Gasteiger partial charge in [-0.15, -0.1) is 0 Å². The van der Waals surface area contributed by atoms with Gasteiger partial charge in [0.2, 0.25) is 0 Å². The molecule has 0 fully saturated rings. The van der Waals surface area contributed by atoms with Crippen molar-refractivity contribution in [2.45, 2.75) is 40.3 Å². The van der Waals surface area contributed by atoms with Gasteiger partial charge >= 0.3 is 0 Å². The van der Waals surface area contributed by atoms with Crippen LogP contribution in [0.25, 0.3) is 0 Å². The fourth-order valence-corrected chi connectivity index (χ4v) is 1.80. The molecule has 0 aliphatic rings. The molecule has 1 rings (SSSR count). The summed E-state index contributed by atoms with van der Waals surface area (Å²) in [5.41, 5.74) is 4.05. The highest BCUT2D eigenvalue weighted by molar-refractivity contribution is 5.30. The molecule has 2 heteroatoms. The number of hydrogen-bond donors (Lipinski definition) is 1. The van der Waals surface area contributed by atoms with Crippen LogP contribution in [0, 0.1) is 13.8 Å². The number of nitrogens with one attached hydrogen (secondary N) is 1. The molecule has 0 amide bonds. The summed E-state index contributed by atoms with van der Waals surface area (Å²) in [5.74, 6) is 0. The summed E-state index contributed by atoms with van der Waals surface area (Å²) in [7, 11) is 0. The molecule has 90 valence electrons. The molecule has 2 nitrogen and oxygen atoms in total. The fraction of sp³-hybridized carbons (Fsp3) is 0.571. The van der Waals surface area contributed by atoms with Gasteiger partial charge in [-0.05, 0) is 38.8 Å². The molecular formula is C14H23NO. The van der Waals surface area contributed by atoms with Gasteiger partial charge in [-0.25, -0.2) is 0 Å². The lowest BCUT2D eigenvalue weighted by atomic mass is 10.1. The predicted molar refractivity (Wildman–Crippen MR) is 68.7 cm³/mol. The summed E-state index contributed by atoms with van der Waals surface area (Å²) in [6, 6.07) is 6.59. The molecule has 1 aromatic rings. The molecule has 1 unspecified atom stereocenters. The maximum atomic E-state index is 5.47. The van der Waals surface area contributed by atoms with Gasteiger partial charge in [-0.2, -0.15) is 0 Å². The van der Waals surface area contributed by atoms with Crippen LogP contribution in [0.15, 0.2) is 18.2 Å². The number of aryl methyl sites for hydroxylation is 2. The van der Waals surface area contributed by atoms with Gasteiger partial charge in [0.1, 0.15) is 0 Å². The molecule has 1 atom stereocenters. The van der Waals surface area contributed by atoms with Crippen LogP contribution in [-0.2, 0) is 11.3 Å². The van der Waals surface area contributed by atoms with Crippen molar-refractivity contribution in [2.75, 3.05) is 13.2 Å². The molecule has 0 aliphatic carbocycles. The van der Waals surface area contributed by atoms with Crippen molar-refractivity contribution in [1.29, 1.82) is 0 Å². The molecule has 0 radical (unpaired) electrons. The van der Waals surface area contributed by atoms with Crippen LogP contribution in [0.5, 0.6) is 0 Å². The van der Waals surface area contributed by atoms with E-state index in [-0.39, 0.29) is 6.10 Å². The van der Waals surface area contributed by atoms with Gasteiger partial charge in [0.15, 0.2) is 0 Å². The smallest absolute Gasteiger partial charge is 0.0671 e. The SMILES string of the molecule is CCOC(C)CNCc1ccc(C)cc1C. The Morgan fingerprint density at radius 1 is 1.31 bits per heavy atom. The minimum Gasteiger partial charge on any atom is -0.377 e. The first-order valence-electron chi connectivity index (χ1n) is 6.02. The first-order chi connectivity index (χ1) is 7.63. The average molecular weight is 221 g/mol. The lowest BCUT2D eigenvalue weighted by Gasteiger charge is -2.13. The third-order valence-electron chi connectivity index (χ3n) is 2.70. The van der Waals surface area contributed by atoms with Gasteiger partial charge in [-0.3, -0.25) is 0 Å². The van der Waals surface area contributed by atoms with Crippen LogP contribution >= 0.6 is 0 Å². The van der Waals surface area contributed by atoms with Crippen molar-refractivity contribution in [1.82, 2.24) is 5.32 Å². The molecule has 0 spiro atoms.